The summed E-state index contributed by atoms with van der Waals surface area (Å²) in [5, 5.41) is 18.1. The number of hydrogen-bond acceptors (Lipinski definition) is 5. The summed E-state index contributed by atoms with van der Waals surface area (Å²) in [5.74, 6) is -1.13. The molecule has 33 heavy (non-hydrogen) atoms. The minimum atomic E-state index is -1.18. The lowest BCUT2D eigenvalue weighted by Gasteiger charge is -2.14. The molecule has 1 amide bonds. The first-order valence-corrected chi connectivity index (χ1v) is 10.4. The van der Waals surface area contributed by atoms with Gasteiger partial charge in [-0.2, -0.15) is 5.10 Å². The Morgan fingerprint density at radius 3 is 2.33 bits per heavy atom. The van der Waals surface area contributed by atoms with Crippen LogP contribution < -0.4 is 5.32 Å². The number of carbonyl (C=O) groups is 2. The Kier molecular flexibility index (Phi) is 5.32. The monoisotopic (exact) mass is 440 g/mol. The number of aromatic nitrogens is 3. The van der Waals surface area contributed by atoms with Crippen molar-refractivity contribution in [1.82, 2.24) is 20.5 Å². The standard InChI is InChI=1S/C25H20N4O4/c30-24(31)23-27-22(28-29-23)16-7-5-6-15(12-16)13-26-25(32)33-14-21-19-10-3-1-8-17(19)18-9-2-4-11-20(18)21/h1-12,21H,13-14H2,(H,26,32)(H,30,31)(H,27,28,29). The number of benzene rings is 3. The highest BCUT2D eigenvalue weighted by molar-refractivity contribution is 5.83. The smallest absolute Gasteiger partial charge is 0.407 e. The van der Waals surface area contributed by atoms with Gasteiger partial charge in [0, 0.05) is 18.0 Å². The highest BCUT2D eigenvalue weighted by atomic mass is 16.5. The molecule has 1 heterocycles. The SMILES string of the molecule is O=C(NCc1cccc(-c2n[nH]c(C(=O)O)n2)c1)OCC1c2ccccc2-c2ccccc21. The lowest BCUT2D eigenvalue weighted by molar-refractivity contribution is 0.0684. The van der Waals surface area contributed by atoms with E-state index in [1.54, 1.807) is 18.2 Å². The molecule has 0 aliphatic heterocycles. The van der Waals surface area contributed by atoms with E-state index in [2.05, 4.69) is 44.8 Å². The predicted octanol–water partition coefficient (Wildman–Crippen LogP) is 4.21. The largest absolute Gasteiger partial charge is 0.475 e. The molecule has 5 rings (SSSR count). The minimum absolute atomic E-state index is 0.000601. The molecule has 0 spiro atoms. The van der Waals surface area contributed by atoms with Crippen LogP contribution in [0.5, 0.6) is 0 Å². The van der Waals surface area contributed by atoms with Gasteiger partial charge in [0.25, 0.3) is 0 Å². The van der Waals surface area contributed by atoms with Crippen LogP contribution in [-0.2, 0) is 11.3 Å². The van der Waals surface area contributed by atoms with Crippen molar-refractivity contribution < 1.29 is 19.4 Å². The zero-order valence-electron chi connectivity index (χ0n) is 17.5. The number of rotatable bonds is 6. The Balaban J connectivity index is 1.22. The number of nitrogens with one attached hydrogen (secondary N) is 2. The molecule has 164 valence electrons. The van der Waals surface area contributed by atoms with E-state index in [1.165, 1.54) is 11.1 Å². The number of aromatic amines is 1. The first-order valence-electron chi connectivity index (χ1n) is 10.4. The van der Waals surface area contributed by atoms with Crippen molar-refractivity contribution in [3.05, 3.63) is 95.3 Å². The van der Waals surface area contributed by atoms with Gasteiger partial charge < -0.3 is 15.2 Å². The minimum Gasteiger partial charge on any atom is -0.475 e. The Morgan fingerprint density at radius 2 is 1.67 bits per heavy atom. The molecule has 0 fully saturated rings. The van der Waals surface area contributed by atoms with Gasteiger partial charge in [-0.15, -0.1) is 0 Å². The number of carboxylic acids is 1. The van der Waals surface area contributed by atoms with E-state index in [0.717, 1.165) is 16.7 Å². The first kappa shape index (κ1) is 20.4. The predicted molar refractivity (Wildman–Crippen MR) is 121 cm³/mol. The van der Waals surface area contributed by atoms with E-state index < -0.39 is 12.1 Å². The molecular formula is C25H20N4O4. The molecule has 1 aromatic heterocycles. The summed E-state index contributed by atoms with van der Waals surface area (Å²) < 4.78 is 5.56. The third kappa shape index (κ3) is 4.06. The van der Waals surface area contributed by atoms with Gasteiger partial charge >= 0.3 is 12.1 Å². The number of alkyl carbamates (subject to hydrolysis) is 1. The first-order chi connectivity index (χ1) is 16.1. The number of amides is 1. The highest BCUT2D eigenvalue weighted by Crippen LogP contribution is 2.44. The maximum absolute atomic E-state index is 12.4. The molecule has 0 atom stereocenters. The Morgan fingerprint density at radius 1 is 0.970 bits per heavy atom. The summed E-state index contributed by atoms with van der Waals surface area (Å²) in [6.07, 6.45) is -0.506. The molecule has 3 N–H and O–H groups in total. The molecule has 1 aliphatic carbocycles. The molecule has 0 bridgehead atoms. The second-order valence-electron chi connectivity index (χ2n) is 7.69. The van der Waals surface area contributed by atoms with Gasteiger partial charge in [0.2, 0.25) is 5.82 Å². The summed E-state index contributed by atoms with van der Waals surface area (Å²) in [6.45, 7) is 0.496. The van der Waals surface area contributed by atoms with Crippen LogP contribution >= 0.6 is 0 Å². The molecule has 0 unspecified atom stereocenters. The average molecular weight is 440 g/mol. The van der Waals surface area contributed by atoms with Gasteiger partial charge in [-0.05, 0) is 33.9 Å². The van der Waals surface area contributed by atoms with Gasteiger partial charge in [-0.3, -0.25) is 5.10 Å². The number of aromatic carboxylic acids is 1. The van der Waals surface area contributed by atoms with Crippen molar-refractivity contribution in [2.24, 2.45) is 0 Å². The zero-order chi connectivity index (χ0) is 22.8. The van der Waals surface area contributed by atoms with Crippen LogP contribution in [0.15, 0.2) is 72.8 Å². The van der Waals surface area contributed by atoms with Gasteiger partial charge in [0.05, 0.1) is 0 Å². The van der Waals surface area contributed by atoms with Crippen LogP contribution in [0.4, 0.5) is 4.79 Å². The summed E-state index contributed by atoms with van der Waals surface area (Å²) in [5.41, 5.74) is 6.13. The molecular weight excluding hydrogens is 420 g/mol. The quantitative estimate of drug-likeness (QED) is 0.414. The molecule has 8 nitrogen and oxygen atoms in total. The summed E-state index contributed by atoms with van der Waals surface area (Å²) >= 11 is 0. The number of hydrogen-bond donors (Lipinski definition) is 3. The fraction of sp³-hybridized carbons (Fsp3) is 0.120. The molecule has 0 radical (unpaired) electrons. The maximum atomic E-state index is 12.4. The number of ether oxygens (including phenoxy) is 1. The maximum Gasteiger partial charge on any atom is 0.407 e. The van der Waals surface area contributed by atoms with Crippen LogP contribution in [-0.4, -0.2) is 39.0 Å². The van der Waals surface area contributed by atoms with E-state index in [9.17, 15) is 9.59 Å². The fourth-order valence-corrected chi connectivity index (χ4v) is 4.13. The summed E-state index contributed by atoms with van der Waals surface area (Å²) in [4.78, 5) is 27.3. The molecule has 8 heteroatoms. The topological polar surface area (TPSA) is 117 Å². The third-order valence-corrected chi connectivity index (χ3v) is 5.65. The van der Waals surface area contributed by atoms with Crippen molar-refractivity contribution in [1.29, 1.82) is 0 Å². The number of nitrogens with zero attached hydrogens (tertiary/aromatic N) is 2. The van der Waals surface area contributed by atoms with E-state index in [0.29, 0.717) is 5.56 Å². The van der Waals surface area contributed by atoms with Crippen molar-refractivity contribution in [2.75, 3.05) is 6.61 Å². The van der Waals surface area contributed by atoms with E-state index in [-0.39, 0.29) is 30.7 Å². The van der Waals surface area contributed by atoms with E-state index >= 15 is 0 Å². The molecule has 0 saturated heterocycles. The number of fused-ring (bicyclic) bond motifs is 3. The third-order valence-electron chi connectivity index (χ3n) is 5.65. The highest BCUT2D eigenvalue weighted by Gasteiger charge is 2.28. The van der Waals surface area contributed by atoms with E-state index in [4.69, 9.17) is 9.84 Å². The van der Waals surface area contributed by atoms with Crippen LogP contribution in [0.2, 0.25) is 0 Å². The van der Waals surface area contributed by atoms with Crippen molar-refractivity contribution >= 4 is 12.1 Å². The van der Waals surface area contributed by atoms with Crippen molar-refractivity contribution in [3.8, 4) is 22.5 Å². The Hall–Kier alpha value is -4.46. The lowest BCUT2D eigenvalue weighted by Crippen LogP contribution is -2.25. The normalized spacial score (nSPS) is 12.1. The van der Waals surface area contributed by atoms with Crippen LogP contribution in [0.1, 0.15) is 33.2 Å². The number of H-pyrrole nitrogens is 1. The van der Waals surface area contributed by atoms with Gasteiger partial charge in [0.1, 0.15) is 6.61 Å². The van der Waals surface area contributed by atoms with Gasteiger partial charge in [0.15, 0.2) is 5.82 Å². The van der Waals surface area contributed by atoms with E-state index in [1.807, 2.05) is 30.3 Å². The number of carbonyl (C=O) groups excluding carboxylic acids is 1. The second kappa shape index (κ2) is 8.58. The van der Waals surface area contributed by atoms with Gasteiger partial charge in [-0.25, -0.2) is 14.6 Å². The average Bonchev–Trinajstić information content (AvgIpc) is 3.46. The lowest BCUT2D eigenvalue weighted by atomic mass is 9.98. The molecule has 3 aromatic carbocycles. The molecule has 4 aromatic rings. The Labute approximate surface area is 189 Å². The summed E-state index contributed by atoms with van der Waals surface area (Å²) in [7, 11) is 0. The molecule has 0 saturated carbocycles. The number of carboxylic acid groups (broad SMARTS) is 1. The van der Waals surface area contributed by atoms with Crippen molar-refractivity contribution in [3.63, 3.8) is 0 Å². The molecule has 1 aliphatic rings. The van der Waals surface area contributed by atoms with Crippen LogP contribution in [0.25, 0.3) is 22.5 Å². The van der Waals surface area contributed by atoms with Crippen molar-refractivity contribution in [2.45, 2.75) is 12.5 Å². The Bertz CT molecular complexity index is 1300. The summed E-state index contributed by atoms with van der Waals surface area (Å²) in [6, 6.07) is 23.6. The van der Waals surface area contributed by atoms with Gasteiger partial charge in [-0.1, -0.05) is 66.7 Å². The fourth-order valence-electron chi connectivity index (χ4n) is 4.13. The van der Waals surface area contributed by atoms with Crippen LogP contribution in [0.3, 0.4) is 0 Å². The van der Waals surface area contributed by atoms with Crippen LogP contribution in [0, 0.1) is 0 Å². The second-order valence-corrected chi connectivity index (χ2v) is 7.69. The zero-order valence-corrected chi connectivity index (χ0v) is 17.5.